The number of carbonyl (C=O) groups is 3. The standard InChI is InChI=1S/C23H23N3O6S/c1-3-10-26(11-4-2)21(28)13-30-23(29)17-6-5-9-24-22(17)33-14-20(27)25-16-7-8-18-19(12-16)32-15-31-18/h3-9,12H,1-2,10-11,13-15H2,(H,25,27). The molecule has 1 N–H and O–H groups in total. The highest BCUT2D eigenvalue weighted by Crippen LogP contribution is 2.34. The van der Waals surface area contributed by atoms with Crippen LogP contribution in [0.4, 0.5) is 5.69 Å². The summed E-state index contributed by atoms with van der Waals surface area (Å²) in [6, 6.07) is 8.21. The second kappa shape index (κ2) is 11.7. The Morgan fingerprint density at radius 2 is 1.91 bits per heavy atom. The lowest BCUT2D eigenvalue weighted by molar-refractivity contribution is -0.133. The van der Waals surface area contributed by atoms with Crippen LogP contribution in [0.2, 0.25) is 0 Å². The largest absolute Gasteiger partial charge is 0.454 e. The first-order chi connectivity index (χ1) is 16.0. The number of nitrogens with one attached hydrogen (secondary N) is 1. The third-order valence-corrected chi connectivity index (χ3v) is 5.37. The van der Waals surface area contributed by atoms with Crippen LogP contribution in [-0.4, -0.2) is 59.9 Å². The second-order valence-corrected chi connectivity index (χ2v) is 7.68. The minimum Gasteiger partial charge on any atom is -0.454 e. The van der Waals surface area contributed by atoms with E-state index in [0.717, 1.165) is 11.8 Å². The number of carbonyl (C=O) groups excluding carboxylic acids is 3. The third-order valence-electron chi connectivity index (χ3n) is 4.37. The first-order valence-electron chi connectivity index (χ1n) is 9.95. The summed E-state index contributed by atoms with van der Waals surface area (Å²) in [7, 11) is 0. The Labute approximate surface area is 195 Å². The predicted molar refractivity (Wildman–Crippen MR) is 123 cm³/mol. The number of esters is 1. The average molecular weight is 470 g/mol. The van der Waals surface area contributed by atoms with E-state index >= 15 is 0 Å². The van der Waals surface area contributed by atoms with Crippen LogP contribution >= 0.6 is 11.8 Å². The Kier molecular flexibility index (Phi) is 8.48. The highest BCUT2D eigenvalue weighted by Gasteiger charge is 2.19. The van der Waals surface area contributed by atoms with Crippen molar-refractivity contribution in [3.8, 4) is 11.5 Å². The zero-order valence-electron chi connectivity index (χ0n) is 17.8. The normalized spacial score (nSPS) is 11.4. The van der Waals surface area contributed by atoms with Gasteiger partial charge in [0.2, 0.25) is 12.7 Å². The SMILES string of the molecule is C=CCN(CC=C)C(=O)COC(=O)c1cccnc1SCC(=O)Nc1ccc2c(c1)OCO2. The number of fused-ring (bicyclic) bond motifs is 1. The Morgan fingerprint density at radius 3 is 2.67 bits per heavy atom. The lowest BCUT2D eigenvalue weighted by atomic mass is 10.3. The second-order valence-electron chi connectivity index (χ2n) is 6.71. The van der Waals surface area contributed by atoms with Crippen LogP contribution in [0.15, 0.2) is 66.9 Å². The van der Waals surface area contributed by atoms with Gasteiger partial charge in [0.25, 0.3) is 5.91 Å². The first kappa shape index (κ1) is 23.9. The van der Waals surface area contributed by atoms with Gasteiger partial charge in [-0.3, -0.25) is 9.59 Å². The van der Waals surface area contributed by atoms with Crippen molar-refractivity contribution < 1.29 is 28.6 Å². The fourth-order valence-corrected chi connectivity index (χ4v) is 3.63. The molecule has 0 saturated carbocycles. The van der Waals surface area contributed by atoms with E-state index in [1.54, 1.807) is 36.4 Å². The molecule has 3 rings (SSSR count). The minimum absolute atomic E-state index is 0.0110. The van der Waals surface area contributed by atoms with Gasteiger partial charge in [-0.1, -0.05) is 23.9 Å². The van der Waals surface area contributed by atoms with E-state index < -0.39 is 12.6 Å². The van der Waals surface area contributed by atoms with Crippen LogP contribution in [0.1, 0.15) is 10.4 Å². The Bertz CT molecular complexity index is 1050. The number of anilines is 1. The average Bonchev–Trinajstić information content (AvgIpc) is 3.29. The summed E-state index contributed by atoms with van der Waals surface area (Å²) in [6.45, 7) is 7.56. The number of amides is 2. The monoisotopic (exact) mass is 469 g/mol. The van der Waals surface area contributed by atoms with Crippen molar-refractivity contribution in [2.75, 3.05) is 37.6 Å². The Hall–Kier alpha value is -3.79. The van der Waals surface area contributed by atoms with Crippen molar-refractivity contribution in [2.24, 2.45) is 0 Å². The summed E-state index contributed by atoms with van der Waals surface area (Å²) >= 11 is 1.08. The highest BCUT2D eigenvalue weighted by atomic mass is 32.2. The van der Waals surface area contributed by atoms with E-state index in [0.29, 0.717) is 35.3 Å². The molecule has 33 heavy (non-hydrogen) atoms. The molecule has 0 fully saturated rings. The molecule has 0 atom stereocenters. The Morgan fingerprint density at radius 1 is 1.15 bits per heavy atom. The summed E-state index contributed by atoms with van der Waals surface area (Å²) < 4.78 is 15.7. The molecule has 1 aliphatic heterocycles. The van der Waals surface area contributed by atoms with Crippen molar-refractivity contribution in [1.82, 2.24) is 9.88 Å². The molecule has 10 heteroatoms. The van der Waals surface area contributed by atoms with Gasteiger partial charge in [-0.25, -0.2) is 9.78 Å². The van der Waals surface area contributed by atoms with Crippen molar-refractivity contribution in [1.29, 1.82) is 0 Å². The molecule has 0 saturated heterocycles. The predicted octanol–water partition coefficient (Wildman–Crippen LogP) is 2.90. The number of nitrogens with zero attached hydrogens (tertiary/aromatic N) is 2. The fraction of sp³-hybridized carbons (Fsp3) is 0.217. The molecule has 2 amide bonds. The molecule has 9 nitrogen and oxygen atoms in total. The topological polar surface area (TPSA) is 107 Å². The van der Waals surface area contributed by atoms with Gasteiger partial charge in [-0.05, 0) is 24.3 Å². The van der Waals surface area contributed by atoms with Gasteiger partial charge in [-0.2, -0.15) is 0 Å². The summed E-state index contributed by atoms with van der Waals surface area (Å²) in [6.07, 6.45) is 4.66. The molecular weight excluding hydrogens is 446 g/mol. The third kappa shape index (κ3) is 6.59. The van der Waals surface area contributed by atoms with Crippen LogP contribution in [-0.2, 0) is 14.3 Å². The molecule has 1 aromatic carbocycles. The molecule has 0 aliphatic carbocycles. The first-order valence-corrected chi connectivity index (χ1v) is 10.9. The molecule has 0 unspecified atom stereocenters. The lowest BCUT2D eigenvalue weighted by Crippen LogP contribution is -2.35. The molecule has 1 aliphatic rings. The molecule has 172 valence electrons. The van der Waals surface area contributed by atoms with Gasteiger partial charge in [0, 0.05) is 31.0 Å². The lowest BCUT2D eigenvalue weighted by Gasteiger charge is -2.19. The number of hydrogen-bond acceptors (Lipinski definition) is 8. The van der Waals surface area contributed by atoms with E-state index in [4.69, 9.17) is 14.2 Å². The number of aromatic nitrogens is 1. The van der Waals surface area contributed by atoms with Gasteiger partial charge in [0.15, 0.2) is 18.1 Å². The maximum Gasteiger partial charge on any atom is 0.341 e. The molecule has 0 spiro atoms. The number of hydrogen-bond donors (Lipinski definition) is 1. The van der Waals surface area contributed by atoms with E-state index in [9.17, 15) is 14.4 Å². The van der Waals surface area contributed by atoms with Crippen LogP contribution in [0.3, 0.4) is 0 Å². The summed E-state index contributed by atoms with van der Waals surface area (Å²) in [5, 5.41) is 3.09. The van der Waals surface area contributed by atoms with Crippen molar-refractivity contribution >= 4 is 35.2 Å². The quantitative estimate of drug-likeness (QED) is 0.304. The molecule has 0 bridgehead atoms. The number of benzene rings is 1. The number of thioether (sulfide) groups is 1. The number of ether oxygens (including phenoxy) is 3. The smallest absolute Gasteiger partial charge is 0.341 e. The fourth-order valence-electron chi connectivity index (χ4n) is 2.85. The summed E-state index contributed by atoms with van der Waals surface area (Å²) in [5.41, 5.74) is 0.734. The Balaban J connectivity index is 1.55. The molecule has 0 radical (unpaired) electrons. The van der Waals surface area contributed by atoms with Crippen molar-refractivity contribution in [2.45, 2.75) is 5.03 Å². The molecule has 1 aromatic heterocycles. The number of rotatable bonds is 11. The van der Waals surface area contributed by atoms with Crippen LogP contribution in [0, 0.1) is 0 Å². The van der Waals surface area contributed by atoms with Gasteiger partial charge in [-0.15, -0.1) is 13.2 Å². The van der Waals surface area contributed by atoms with Crippen LogP contribution in [0.25, 0.3) is 0 Å². The highest BCUT2D eigenvalue weighted by molar-refractivity contribution is 8.00. The molecule has 2 heterocycles. The van der Waals surface area contributed by atoms with Gasteiger partial charge in [0.05, 0.1) is 11.3 Å². The minimum atomic E-state index is -0.702. The zero-order chi connectivity index (χ0) is 23.6. The van der Waals surface area contributed by atoms with E-state index in [-0.39, 0.29) is 29.9 Å². The van der Waals surface area contributed by atoms with E-state index in [2.05, 4.69) is 23.5 Å². The van der Waals surface area contributed by atoms with Gasteiger partial charge in [0.1, 0.15) is 5.03 Å². The van der Waals surface area contributed by atoms with Crippen molar-refractivity contribution in [3.05, 3.63) is 67.4 Å². The number of pyridine rings is 1. The zero-order valence-corrected chi connectivity index (χ0v) is 18.6. The summed E-state index contributed by atoms with van der Waals surface area (Å²) in [4.78, 5) is 42.8. The summed E-state index contributed by atoms with van der Waals surface area (Å²) in [5.74, 6) is -0.170. The van der Waals surface area contributed by atoms with E-state index in [1.807, 2.05) is 0 Å². The maximum absolute atomic E-state index is 12.5. The van der Waals surface area contributed by atoms with Crippen LogP contribution < -0.4 is 14.8 Å². The van der Waals surface area contributed by atoms with E-state index in [1.165, 1.54) is 17.2 Å². The van der Waals surface area contributed by atoms with Crippen LogP contribution in [0.5, 0.6) is 11.5 Å². The molecule has 2 aromatic rings. The maximum atomic E-state index is 12.5. The van der Waals surface area contributed by atoms with Gasteiger partial charge < -0.3 is 24.4 Å². The van der Waals surface area contributed by atoms with Crippen molar-refractivity contribution in [3.63, 3.8) is 0 Å². The van der Waals surface area contributed by atoms with Gasteiger partial charge >= 0.3 is 5.97 Å². The molecular formula is C23H23N3O6S.